The number of nitrogens with zero attached hydrogens (tertiary/aromatic N) is 3. The molecule has 4 N–H and O–H groups in total. The number of urea groups is 1. The molecule has 0 saturated heterocycles. The molecule has 0 bridgehead atoms. The zero-order valence-corrected chi connectivity index (χ0v) is 20.7. The van der Waals surface area contributed by atoms with Crippen molar-refractivity contribution in [3.63, 3.8) is 0 Å². The van der Waals surface area contributed by atoms with Gasteiger partial charge < -0.3 is 25.8 Å². The molecule has 0 aliphatic rings. The molecule has 0 atom stereocenters. The third kappa shape index (κ3) is 6.57. The molecule has 9 heteroatoms. The standard InChI is InChI=1S/C28H30N6O3/c1-20-25(33-28(36)30-15-7-2-3-8-16-35)19-34-27(20)26(21(17-29)18-31-34)32-22-11-13-24(14-12-22)37-23-9-5-4-6-10-23/h4-6,9-14,18-19,32,35H,2-3,7-8,15-16H2,1H3,(H2,30,33,36). The molecule has 0 spiro atoms. The molecule has 2 aromatic carbocycles. The lowest BCUT2D eigenvalue weighted by molar-refractivity contribution is 0.251. The van der Waals surface area contributed by atoms with Crippen LogP contribution < -0.4 is 20.7 Å². The van der Waals surface area contributed by atoms with Gasteiger partial charge in [-0.3, -0.25) is 0 Å². The summed E-state index contributed by atoms with van der Waals surface area (Å²) < 4.78 is 7.51. The molecule has 2 amide bonds. The summed E-state index contributed by atoms with van der Waals surface area (Å²) >= 11 is 0. The molecule has 4 aromatic rings. The fraction of sp³-hybridized carbons (Fsp3) is 0.250. The van der Waals surface area contributed by atoms with Crippen molar-refractivity contribution in [1.29, 1.82) is 5.26 Å². The van der Waals surface area contributed by atoms with Crippen molar-refractivity contribution >= 4 is 28.6 Å². The number of carbonyl (C=O) groups excluding carboxylic acids is 1. The van der Waals surface area contributed by atoms with Gasteiger partial charge in [0.25, 0.3) is 0 Å². The molecule has 0 saturated carbocycles. The van der Waals surface area contributed by atoms with Crippen molar-refractivity contribution in [1.82, 2.24) is 14.9 Å². The molecular weight excluding hydrogens is 468 g/mol. The largest absolute Gasteiger partial charge is 0.457 e. The highest BCUT2D eigenvalue weighted by Crippen LogP contribution is 2.33. The van der Waals surface area contributed by atoms with E-state index < -0.39 is 0 Å². The van der Waals surface area contributed by atoms with Gasteiger partial charge in [-0.1, -0.05) is 31.0 Å². The molecule has 0 radical (unpaired) electrons. The maximum atomic E-state index is 12.4. The number of carbonyl (C=O) groups is 1. The Balaban J connectivity index is 1.48. The number of nitrogens with one attached hydrogen (secondary N) is 3. The number of ether oxygens (including phenoxy) is 1. The normalized spacial score (nSPS) is 10.6. The number of aryl methyl sites for hydroxylation is 1. The van der Waals surface area contributed by atoms with Gasteiger partial charge in [0.1, 0.15) is 17.6 Å². The molecule has 9 nitrogen and oxygen atoms in total. The summed E-state index contributed by atoms with van der Waals surface area (Å²) in [5, 5.41) is 32.0. The second-order valence-electron chi connectivity index (χ2n) is 8.59. The monoisotopic (exact) mass is 498 g/mol. The van der Waals surface area contributed by atoms with Crippen LogP contribution in [0.25, 0.3) is 5.52 Å². The van der Waals surface area contributed by atoms with E-state index in [1.54, 1.807) is 10.7 Å². The number of aromatic nitrogens is 2. The average Bonchev–Trinajstić information content (AvgIpc) is 3.23. The molecule has 0 aliphatic carbocycles. The van der Waals surface area contributed by atoms with E-state index in [0.29, 0.717) is 34.7 Å². The smallest absolute Gasteiger partial charge is 0.319 e. The summed E-state index contributed by atoms with van der Waals surface area (Å²) in [6.07, 6.45) is 6.75. The number of rotatable bonds is 11. The van der Waals surface area contributed by atoms with Gasteiger partial charge >= 0.3 is 6.03 Å². The first-order valence-corrected chi connectivity index (χ1v) is 12.3. The zero-order chi connectivity index (χ0) is 26.0. The van der Waals surface area contributed by atoms with Crippen molar-refractivity contribution in [2.24, 2.45) is 0 Å². The Morgan fingerprint density at radius 1 is 1.05 bits per heavy atom. The average molecular weight is 499 g/mol. The Morgan fingerprint density at radius 3 is 2.51 bits per heavy atom. The quantitative estimate of drug-likeness (QED) is 0.196. The number of hydrogen-bond donors (Lipinski definition) is 4. The molecule has 2 aromatic heterocycles. The van der Waals surface area contributed by atoms with Crippen LogP contribution in [0, 0.1) is 18.3 Å². The predicted octanol–water partition coefficient (Wildman–Crippen LogP) is 5.72. The molecule has 0 aliphatic heterocycles. The predicted molar refractivity (Wildman–Crippen MR) is 143 cm³/mol. The number of aliphatic hydroxyl groups is 1. The fourth-order valence-corrected chi connectivity index (χ4v) is 3.96. The summed E-state index contributed by atoms with van der Waals surface area (Å²) in [5.41, 5.74) is 3.85. The molecule has 0 unspecified atom stereocenters. The SMILES string of the molecule is Cc1c(NC(=O)NCCCCCCO)cn2ncc(C#N)c(Nc3ccc(Oc4ccccc4)cc3)c12. The first-order valence-electron chi connectivity index (χ1n) is 12.3. The number of anilines is 3. The van der Waals surface area contributed by atoms with Gasteiger partial charge in [-0.2, -0.15) is 10.4 Å². The van der Waals surface area contributed by atoms with E-state index in [1.165, 1.54) is 6.20 Å². The topological polar surface area (TPSA) is 124 Å². The highest BCUT2D eigenvalue weighted by molar-refractivity contribution is 5.94. The lowest BCUT2D eigenvalue weighted by Crippen LogP contribution is -2.29. The van der Waals surface area contributed by atoms with Crippen LogP contribution in [0.3, 0.4) is 0 Å². The minimum absolute atomic E-state index is 0.196. The van der Waals surface area contributed by atoms with Crippen molar-refractivity contribution in [3.05, 3.63) is 78.1 Å². The number of aliphatic hydroxyl groups excluding tert-OH is 1. The molecule has 4 rings (SSSR count). The number of hydrogen-bond acceptors (Lipinski definition) is 6. The highest BCUT2D eigenvalue weighted by atomic mass is 16.5. The number of nitriles is 1. The first kappa shape index (κ1) is 25.5. The van der Waals surface area contributed by atoms with Gasteiger partial charge in [0.15, 0.2) is 0 Å². The van der Waals surface area contributed by atoms with Gasteiger partial charge in [0.05, 0.1) is 34.8 Å². The van der Waals surface area contributed by atoms with Crippen LogP contribution in [0.2, 0.25) is 0 Å². The minimum atomic E-state index is -0.301. The van der Waals surface area contributed by atoms with Crippen LogP contribution in [0.1, 0.15) is 36.8 Å². The van der Waals surface area contributed by atoms with Gasteiger partial charge in [-0.15, -0.1) is 0 Å². The van der Waals surface area contributed by atoms with E-state index >= 15 is 0 Å². The van der Waals surface area contributed by atoms with Crippen LogP contribution in [0.15, 0.2) is 67.0 Å². The van der Waals surface area contributed by atoms with Gasteiger partial charge in [-0.05, 0) is 56.2 Å². The Bertz CT molecular complexity index is 1380. The molecule has 0 fully saturated rings. The third-order valence-electron chi connectivity index (χ3n) is 5.90. The number of amides is 2. The van der Waals surface area contributed by atoms with Crippen LogP contribution in [0.4, 0.5) is 21.9 Å². The van der Waals surface area contributed by atoms with Crippen LogP contribution in [-0.2, 0) is 0 Å². The summed E-state index contributed by atoms with van der Waals surface area (Å²) in [7, 11) is 0. The Morgan fingerprint density at radius 2 is 1.78 bits per heavy atom. The Kier molecular flexibility index (Phi) is 8.57. The second-order valence-corrected chi connectivity index (χ2v) is 8.59. The molecular formula is C28H30N6O3. The summed E-state index contributed by atoms with van der Waals surface area (Å²) in [5.74, 6) is 1.45. The van der Waals surface area contributed by atoms with Gasteiger partial charge in [0, 0.05) is 24.4 Å². The van der Waals surface area contributed by atoms with Crippen molar-refractivity contribution in [3.8, 4) is 17.6 Å². The van der Waals surface area contributed by atoms with Crippen LogP contribution in [0.5, 0.6) is 11.5 Å². The van der Waals surface area contributed by atoms with E-state index in [1.807, 2.05) is 61.5 Å². The number of benzene rings is 2. The number of fused-ring (bicyclic) bond motifs is 1. The third-order valence-corrected chi connectivity index (χ3v) is 5.90. The maximum Gasteiger partial charge on any atom is 0.319 e. The minimum Gasteiger partial charge on any atom is -0.457 e. The van der Waals surface area contributed by atoms with Gasteiger partial charge in [-0.25, -0.2) is 9.31 Å². The van der Waals surface area contributed by atoms with Crippen molar-refractivity contribution < 1.29 is 14.6 Å². The van der Waals surface area contributed by atoms with Crippen molar-refractivity contribution in [2.45, 2.75) is 32.6 Å². The van der Waals surface area contributed by atoms with Crippen LogP contribution >= 0.6 is 0 Å². The van der Waals surface area contributed by atoms with Crippen molar-refractivity contribution in [2.75, 3.05) is 23.8 Å². The molecule has 2 heterocycles. The molecule has 190 valence electrons. The van der Waals surface area contributed by atoms with Crippen LogP contribution in [-0.4, -0.2) is 33.9 Å². The lowest BCUT2D eigenvalue weighted by atomic mass is 10.1. The van der Waals surface area contributed by atoms with E-state index in [0.717, 1.165) is 42.7 Å². The van der Waals surface area contributed by atoms with Gasteiger partial charge in [0.2, 0.25) is 0 Å². The fourth-order valence-electron chi connectivity index (χ4n) is 3.96. The van der Waals surface area contributed by atoms with E-state index in [4.69, 9.17) is 9.84 Å². The lowest BCUT2D eigenvalue weighted by Gasteiger charge is -2.12. The zero-order valence-electron chi connectivity index (χ0n) is 20.7. The Hall–Kier alpha value is -4.55. The second kappa shape index (κ2) is 12.4. The maximum absolute atomic E-state index is 12.4. The summed E-state index contributed by atoms with van der Waals surface area (Å²) in [6, 6.07) is 18.9. The van der Waals surface area contributed by atoms with E-state index in [2.05, 4.69) is 27.1 Å². The first-order chi connectivity index (χ1) is 18.1. The summed E-state index contributed by atoms with van der Waals surface area (Å²) in [6.45, 7) is 2.63. The number of para-hydroxylation sites is 1. The van der Waals surface area contributed by atoms with E-state index in [9.17, 15) is 10.1 Å². The Labute approximate surface area is 215 Å². The highest BCUT2D eigenvalue weighted by Gasteiger charge is 2.17. The van der Waals surface area contributed by atoms with E-state index in [-0.39, 0.29) is 12.6 Å². The summed E-state index contributed by atoms with van der Waals surface area (Å²) in [4.78, 5) is 12.4. The number of unbranched alkanes of at least 4 members (excludes halogenated alkanes) is 3. The molecule has 37 heavy (non-hydrogen) atoms.